The average Bonchev–Trinajstić information content (AvgIpc) is 2.53. The lowest BCUT2D eigenvalue weighted by Crippen LogP contribution is -2.33. The Balaban J connectivity index is 1.75. The van der Waals surface area contributed by atoms with Gasteiger partial charge in [0.05, 0.1) is 12.7 Å². The van der Waals surface area contributed by atoms with Crippen LogP contribution in [0.3, 0.4) is 0 Å². The van der Waals surface area contributed by atoms with Crippen LogP contribution in [0.4, 0.5) is 0 Å². The Morgan fingerprint density at radius 2 is 1.92 bits per heavy atom. The fourth-order valence-corrected chi connectivity index (χ4v) is 4.12. The van der Waals surface area contributed by atoms with Gasteiger partial charge in [-0.25, -0.2) is 12.7 Å². The molecule has 1 aromatic rings. The Labute approximate surface area is 145 Å². The molecule has 1 amide bonds. The summed E-state index contributed by atoms with van der Waals surface area (Å²) in [5.41, 5.74) is 3.86. The zero-order valence-electron chi connectivity index (χ0n) is 14.7. The largest absolute Gasteiger partial charge is 0.356 e. The zero-order valence-corrected chi connectivity index (χ0v) is 15.5. The molecular formula is C18H28N2O3S. The standard InChI is InChI=1S/C18H28N2O3S/c1-3-20(24(2,22)23)12-6-11-19-18(21)14-15-9-10-16-7-4-5-8-17(16)13-15/h9-10,13H,3-8,11-12,14H2,1-2H3,(H,19,21). The van der Waals surface area contributed by atoms with Gasteiger partial charge in [0.15, 0.2) is 0 Å². The van der Waals surface area contributed by atoms with Gasteiger partial charge in [-0.2, -0.15) is 0 Å². The molecule has 2 rings (SSSR count). The summed E-state index contributed by atoms with van der Waals surface area (Å²) < 4.78 is 24.4. The SMILES string of the molecule is CCN(CCCNC(=O)Cc1ccc2c(c1)CCCC2)S(C)(=O)=O. The van der Waals surface area contributed by atoms with Crippen molar-refractivity contribution in [2.24, 2.45) is 0 Å². The lowest BCUT2D eigenvalue weighted by atomic mass is 9.90. The molecule has 0 heterocycles. The highest BCUT2D eigenvalue weighted by Gasteiger charge is 2.14. The van der Waals surface area contributed by atoms with Crippen LogP contribution in [0.2, 0.25) is 0 Å². The normalized spacial score (nSPS) is 14.5. The maximum atomic E-state index is 12.0. The number of carbonyl (C=O) groups excluding carboxylic acids is 1. The molecule has 6 heteroatoms. The molecule has 0 aliphatic heterocycles. The summed E-state index contributed by atoms with van der Waals surface area (Å²) in [5, 5.41) is 2.88. The third-order valence-corrected chi connectivity index (χ3v) is 5.88. The molecule has 0 fully saturated rings. The smallest absolute Gasteiger partial charge is 0.224 e. The van der Waals surface area contributed by atoms with E-state index in [4.69, 9.17) is 0 Å². The van der Waals surface area contributed by atoms with Gasteiger partial charge in [-0.3, -0.25) is 4.79 Å². The summed E-state index contributed by atoms with van der Waals surface area (Å²) in [6.45, 7) is 3.21. The van der Waals surface area contributed by atoms with Crippen molar-refractivity contribution in [3.05, 3.63) is 34.9 Å². The number of fused-ring (bicyclic) bond motifs is 1. The summed E-state index contributed by atoms with van der Waals surface area (Å²) in [6.07, 6.45) is 6.98. The predicted octanol–water partition coefficient (Wildman–Crippen LogP) is 1.90. The van der Waals surface area contributed by atoms with Crippen molar-refractivity contribution in [2.75, 3.05) is 25.9 Å². The monoisotopic (exact) mass is 352 g/mol. The summed E-state index contributed by atoms with van der Waals surface area (Å²) in [4.78, 5) is 12.0. The molecule has 0 spiro atoms. The topological polar surface area (TPSA) is 66.5 Å². The Morgan fingerprint density at radius 1 is 1.21 bits per heavy atom. The molecule has 0 unspecified atom stereocenters. The lowest BCUT2D eigenvalue weighted by molar-refractivity contribution is -0.120. The van der Waals surface area contributed by atoms with E-state index in [0.717, 1.165) is 18.4 Å². The van der Waals surface area contributed by atoms with Crippen LogP contribution in [0.25, 0.3) is 0 Å². The Kier molecular flexibility index (Phi) is 6.80. The molecular weight excluding hydrogens is 324 g/mol. The van der Waals surface area contributed by atoms with Gasteiger partial charge >= 0.3 is 0 Å². The van der Waals surface area contributed by atoms with Crippen molar-refractivity contribution in [2.45, 2.75) is 45.4 Å². The fraction of sp³-hybridized carbons (Fsp3) is 0.611. The third kappa shape index (κ3) is 5.60. The number of aryl methyl sites for hydroxylation is 2. The highest BCUT2D eigenvalue weighted by Crippen LogP contribution is 2.22. The fourth-order valence-electron chi connectivity index (χ4n) is 3.19. The molecule has 134 valence electrons. The van der Waals surface area contributed by atoms with Gasteiger partial charge in [-0.15, -0.1) is 0 Å². The quantitative estimate of drug-likeness (QED) is 0.727. The Hall–Kier alpha value is -1.40. The number of benzene rings is 1. The Bertz CT molecular complexity index is 671. The molecule has 0 bridgehead atoms. The van der Waals surface area contributed by atoms with Crippen molar-refractivity contribution in [3.63, 3.8) is 0 Å². The van der Waals surface area contributed by atoms with Crippen LogP contribution < -0.4 is 5.32 Å². The minimum absolute atomic E-state index is 0.00633. The molecule has 1 aliphatic carbocycles. The first-order valence-electron chi connectivity index (χ1n) is 8.72. The van der Waals surface area contributed by atoms with E-state index in [1.54, 1.807) is 0 Å². The van der Waals surface area contributed by atoms with Gasteiger partial charge in [0, 0.05) is 19.6 Å². The molecule has 0 aromatic heterocycles. The van der Waals surface area contributed by atoms with Crippen molar-refractivity contribution in [1.29, 1.82) is 0 Å². The molecule has 24 heavy (non-hydrogen) atoms. The van der Waals surface area contributed by atoms with Crippen molar-refractivity contribution in [3.8, 4) is 0 Å². The molecule has 1 aliphatic rings. The number of rotatable bonds is 8. The van der Waals surface area contributed by atoms with E-state index in [-0.39, 0.29) is 5.91 Å². The van der Waals surface area contributed by atoms with Gasteiger partial charge in [0.1, 0.15) is 0 Å². The number of sulfonamides is 1. The second-order valence-electron chi connectivity index (χ2n) is 6.45. The second kappa shape index (κ2) is 8.62. The number of nitrogens with zero attached hydrogens (tertiary/aromatic N) is 1. The predicted molar refractivity (Wildman–Crippen MR) is 96.5 cm³/mol. The molecule has 0 radical (unpaired) electrons. The van der Waals surface area contributed by atoms with Crippen LogP contribution >= 0.6 is 0 Å². The van der Waals surface area contributed by atoms with E-state index < -0.39 is 10.0 Å². The number of carbonyl (C=O) groups is 1. The summed E-state index contributed by atoms with van der Waals surface area (Å²) in [5.74, 6) is -0.00633. The van der Waals surface area contributed by atoms with E-state index in [1.165, 1.54) is 34.5 Å². The zero-order chi connectivity index (χ0) is 17.6. The molecule has 0 saturated carbocycles. The van der Waals surface area contributed by atoms with Gasteiger partial charge in [0.25, 0.3) is 0 Å². The summed E-state index contributed by atoms with van der Waals surface area (Å²) in [6, 6.07) is 6.37. The van der Waals surface area contributed by atoms with E-state index in [9.17, 15) is 13.2 Å². The molecule has 1 N–H and O–H groups in total. The highest BCUT2D eigenvalue weighted by molar-refractivity contribution is 7.88. The van der Waals surface area contributed by atoms with Gasteiger partial charge < -0.3 is 5.32 Å². The molecule has 0 saturated heterocycles. The van der Waals surface area contributed by atoms with Crippen molar-refractivity contribution < 1.29 is 13.2 Å². The molecule has 5 nitrogen and oxygen atoms in total. The van der Waals surface area contributed by atoms with E-state index in [2.05, 4.69) is 17.4 Å². The number of amides is 1. The first-order valence-corrected chi connectivity index (χ1v) is 10.6. The highest BCUT2D eigenvalue weighted by atomic mass is 32.2. The molecule has 0 atom stereocenters. The van der Waals surface area contributed by atoms with Crippen molar-refractivity contribution in [1.82, 2.24) is 9.62 Å². The van der Waals surface area contributed by atoms with Gasteiger partial charge in [0.2, 0.25) is 15.9 Å². The summed E-state index contributed by atoms with van der Waals surface area (Å²) >= 11 is 0. The first kappa shape index (κ1) is 18.9. The van der Waals surface area contributed by atoms with E-state index in [1.807, 2.05) is 13.0 Å². The second-order valence-corrected chi connectivity index (χ2v) is 8.43. The van der Waals surface area contributed by atoms with Crippen LogP contribution in [0.1, 0.15) is 42.9 Å². The minimum atomic E-state index is -3.15. The van der Waals surface area contributed by atoms with Crippen LogP contribution in [0.5, 0.6) is 0 Å². The van der Waals surface area contributed by atoms with Crippen LogP contribution in [0, 0.1) is 0 Å². The number of hydrogen-bond donors (Lipinski definition) is 1. The van der Waals surface area contributed by atoms with Crippen molar-refractivity contribution >= 4 is 15.9 Å². The first-order chi connectivity index (χ1) is 11.4. The lowest BCUT2D eigenvalue weighted by Gasteiger charge is -2.18. The van der Waals surface area contributed by atoms with Crippen LogP contribution in [0.15, 0.2) is 18.2 Å². The average molecular weight is 353 g/mol. The van der Waals surface area contributed by atoms with Crippen LogP contribution in [-0.4, -0.2) is 44.5 Å². The Morgan fingerprint density at radius 3 is 2.58 bits per heavy atom. The maximum Gasteiger partial charge on any atom is 0.224 e. The minimum Gasteiger partial charge on any atom is -0.356 e. The molecule has 1 aromatic carbocycles. The maximum absolute atomic E-state index is 12.0. The van der Waals surface area contributed by atoms with Crippen LogP contribution in [-0.2, 0) is 34.1 Å². The summed E-state index contributed by atoms with van der Waals surface area (Å²) in [7, 11) is -3.15. The van der Waals surface area contributed by atoms with Gasteiger partial charge in [-0.1, -0.05) is 25.1 Å². The third-order valence-electron chi connectivity index (χ3n) is 4.51. The van der Waals surface area contributed by atoms with E-state index >= 15 is 0 Å². The van der Waals surface area contributed by atoms with E-state index in [0.29, 0.717) is 32.5 Å². The number of nitrogens with one attached hydrogen (secondary N) is 1. The van der Waals surface area contributed by atoms with Gasteiger partial charge in [-0.05, 0) is 48.8 Å². The number of hydrogen-bond acceptors (Lipinski definition) is 3.